The molecule has 3 nitrogen and oxygen atoms in total. The van der Waals surface area contributed by atoms with Crippen molar-refractivity contribution in [1.82, 2.24) is 15.1 Å². The lowest BCUT2D eigenvalue weighted by molar-refractivity contribution is 0.254. The van der Waals surface area contributed by atoms with E-state index >= 15 is 0 Å². The first-order valence-corrected chi connectivity index (χ1v) is 7.88. The molecule has 2 bridgehead atoms. The normalized spacial score (nSPS) is 31.3. The van der Waals surface area contributed by atoms with Gasteiger partial charge in [-0.2, -0.15) is 5.10 Å². The number of nitrogens with one attached hydrogen (secondary N) is 1. The average Bonchev–Trinajstić information content (AvgIpc) is 3.11. The van der Waals surface area contributed by atoms with Gasteiger partial charge < -0.3 is 5.32 Å². The fourth-order valence-corrected chi connectivity index (χ4v) is 4.25. The summed E-state index contributed by atoms with van der Waals surface area (Å²) in [5.74, 6) is 2.89. The molecule has 0 saturated heterocycles. The molecule has 0 spiro atoms. The van der Waals surface area contributed by atoms with Gasteiger partial charge in [0.05, 0.1) is 5.69 Å². The minimum atomic E-state index is 0.462. The Labute approximate surface area is 116 Å². The number of aromatic nitrogens is 2. The molecule has 2 saturated carbocycles. The van der Waals surface area contributed by atoms with Crippen molar-refractivity contribution in [3.63, 3.8) is 0 Å². The first-order chi connectivity index (χ1) is 9.17. The van der Waals surface area contributed by atoms with Crippen molar-refractivity contribution in [1.29, 1.82) is 0 Å². The van der Waals surface area contributed by atoms with E-state index in [4.69, 9.17) is 5.10 Å². The van der Waals surface area contributed by atoms with Gasteiger partial charge >= 0.3 is 0 Å². The maximum Gasteiger partial charge on any atom is 0.0640 e. The number of likely N-dealkylation sites (N-methyl/N-ethyl adjacent to an activating group) is 1. The Bertz CT molecular complexity index is 423. The summed E-state index contributed by atoms with van der Waals surface area (Å²) in [7, 11) is 2.12. The molecule has 2 fully saturated rings. The molecule has 3 rings (SSSR count). The predicted molar refractivity (Wildman–Crippen MR) is 78.1 cm³/mol. The summed E-state index contributed by atoms with van der Waals surface area (Å²) in [5, 5.41) is 8.27. The molecular weight excluding hydrogens is 234 g/mol. The van der Waals surface area contributed by atoms with E-state index in [1.54, 1.807) is 0 Å². The molecule has 1 N–H and O–H groups in total. The van der Waals surface area contributed by atoms with Crippen LogP contribution in [0.2, 0.25) is 0 Å². The molecule has 0 aromatic carbocycles. The molecule has 1 aromatic rings. The third kappa shape index (κ3) is 2.58. The van der Waals surface area contributed by atoms with E-state index < -0.39 is 0 Å². The topological polar surface area (TPSA) is 29.9 Å². The Kier molecular flexibility index (Phi) is 3.66. The van der Waals surface area contributed by atoms with E-state index in [1.807, 2.05) is 0 Å². The summed E-state index contributed by atoms with van der Waals surface area (Å²) < 4.78 is 2.07. The monoisotopic (exact) mass is 261 g/mol. The van der Waals surface area contributed by atoms with Gasteiger partial charge in [-0.1, -0.05) is 6.42 Å². The van der Waals surface area contributed by atoms with Crippen molar-refractivity contribution in [2.24, 2.45) is 17.8 Å². The zero-order valence-corrected chi connectivity index (χ0v) is 12.5. The second-order valence-electron chi connectivity index (χ2n) is 6.82. The molecule has 4 atom stereocenters. The number of rotatable bonds is 5. The van der Waals surface area contributed by atoms with Gasteiger partial charge in [0.1, 0.15) is 0 Å². The number of hydrogen-bond acceptors (Lipinski definition) is 2. The van der Waals surface area contributed by atoms with Gasteiger partial charge in [0.15, 0.2) is 0 Å². The fraction of sp³-hybridized carbons (Fsp3) is 0.812. The largest absolute Gasteiger partial charge is 0.316 e. The van der Waals surface area contributed by atoms with Crippen molar-refractivity contribution in [2.75, 3.05) is 7.05 Å². The summed E-state index contributed by atoms with van der Waals surface area (Å²) in [6, 6.07) is 3.27. The third-order valence-corrected chi connectivity index (χ3v) is 5.30. The summed E-state index contributed by atoms with van der Waals surface area (Å²) >= 11 is 0. The lowest BCUT2D eigenvalue weighted by Crippen LogP contribution is -2.38. The van der Waals surface area contributed by atoms with Gasteiger partial charge in [0.25, 0.3) is 0 Å². The smallest absolute Gasteiger partial charge is 0.0640 e. The molecular formula is C16H27N3. The molecule has 0 aliphatic heterocycles. The molecule has 0 radical (unpaired) electrons. The minimum absolute atomic E-state index is 0.462. The maximum absolute atomic E-state index is 4.71. The fourth-order valence-electron chi connectivity index (χ4n) is 4.25. The van der Waals surface area contributed by atoms with Crippen LogP contribution in [-0.2, 0) is 6.42 Å². The Morgan fingerprint density at radius 1 is 1.37 bits per heavy atom. The lowest BCUT2D eigenvalue weighted by atomic mass is 9.81. The van der Waals surface area contributed by atoms with Gasteiger partial charge in [-0.25, -0.2) is 0 Å². The van der Waals surface area contributed by atoms with Crippen LogP contribution in [0.4, 0.5) is 0 Å². The van der Waals surface area contributed by atoms with E-state index in [0.29, 0.717) is 12.1 Å². The molecule has 1 heterocycles. The highest BCUT2D eigenvalue weighted by Crippen LogP contribution is 2.49. The summed E-state index contributed by atoms with van der Waals surface area (Å²) in [4.78, 5) is 0. The molecule has 4 unspecified atom stereocenters. The molecule has 1 aromatic heterocycles. The highest BCUT2D eigenvalue weighted by molar-refractivity contribution is 5.05. The number of fused-ring (bicyclic) bond motifs is 2. The van der Waals surface area contributed by atoms with Crippen LogP contribution < -0.4 is 5.32 Å². The quantitative estimate of drug-likeness (QED) is 0.883. The van der Waals surface area contributed by atoms with Gasteiger partial charge in [0, 0.05) is 24.7 Å². The molecule has 3 heteroatoms. The standard InChI is InChI=1S/C16H27N3/c1-11(2)19-7-6-14(18-19)10-16(17-3)15-9-12-4-5-13(15)8-12/h6-7,11-13,15-17H,4-5,8-10H2,1-3H3. The minimum Gasteiger partial charge on any atom is -0.316 e. The first-order valence-electron chi connectivity index (χ1n) is 7.88. The van der Waals surface area contributed by atoms with Gasteiger partial charge in [-0.05, 0) is 64.0 Å². The van der Waals surface area contributed by atoms with Crippen LogP contribution in [0.25, 0.3) is 0 Å². The maximum atomic E-state index is 4.71. The Balaban J connectivity index is 1.66. The molecule has 2 aliphatic rings. The molecule has 19 heavy (non-hydrogen) atoms. The van der Waals surface area contributed by atoms with E-state index in [9.17, 15) is 0 Å². The van der Waals surface area contributed by atoms with Gasteiger partial charge in [-0.3, -0.25) is 4.68 Å². The van der Waals surface area contributed by atoms with Crippen molar-refractivity contribution >= 4 is 0 Å². The number of nitrogens with zero attached hydrogens (tertiary/aromatic N) is 2. The average molecular weight is 261 g/mol. The van der Waals surface area contributed by atoms with Crippen molar-refractivity contribution in [3.05, 3.63) is 18.0 Å². The van der Waals surface area contributed by atoms with Crippen LogP contribution in [0.5, 0.6) is 0 Å². The summed E-state index contributed by atoms with van der Waals surface area (Å²) in [5.41, 5.74) is 1.25. The van der Waals surface area contributed by atoms with Gasteiger partial charge in [0.2, 0.25) is 0 Å². The van der Waals surface area contributed by atoms with Gasteiger partial charge in [-0.15, -0.1) is 0 Å². The second kappa shape index (κ2) is 5.28. The second-order valence-corrected chi connectivity index (χ2v) is 6.82. The van der Waals surface area contributed by atoms with Crippen LogP contribution in [-0.4, -0.2) is 22.9 Å². The van der Waals surface area contributed by atoms with E-state index in [-0.39, 0.29) is 0 Å². The van der Waals surface area contributed by atoms with Crippen LogP contribution in [0.3, 0.4) is 0 Å². The Morgan fingerprint density at radius 3 is 2.74 bits per heavy atom. The number of hydrogen-bond donors (Lipinski definition) is 1. The van der Waals surface area contributed by atoms with Crippen molar-refractivity contribution < 1.29 is 0 Å². The molecule has 106 valence electrons. The summed E-state index contributed by atoms with van der Waals surface area (Å²) in [6.07, 6.45) is 9.09. The highest BCUT2D eigenvalue weighted by atomic mass is 15.3. The predicted octanol–water partition coefficient (Wildman–Crippen LogP) is 3.03. The highest BCUT2D eigenvalue weighted by Gasteiger charge is 2.42. The van der Waals surface area contributed by atoms with Crippen LogP contribution >= 0.6 is 0 Å². The SMILES string of the molecule is CNC(Cc1ccn(C(C)C)n1)C1CC2CCC1C2. The van der Waals surface area contributed by atoms with E-state index in [0.717, 1.165) is 24.2 Å². The lowest BCUT2D eigenvalue weighted by Gasteiger charge is -2.30. The first kappa shape index (κ1) is 13.2. The summed E-state index contributed by atoms with van der Waals surface area (Å²) in [6.45, 7) is 4.37. The molecule has 2 aliphatic carbocycles. The van der Waals surface area contributed by atoms with E-state index in [1.165, 1.54) is 31.4 Å². The third-order valence-electron chi connectivity index (χ3n) is 5.30. The Hall–Kier alpha value is -0.830. The van der Waals surface area contributed by atoms with Crippen molar-refractivity contribution in [3.8, 4) is 0 Å². The Morgan fingerprint density at radius 2 is 2.21 bits per heavy atom. The van der Waals surface area contributed by atoms with Crippen LogP contribution in [0.15, 0.2) is 12.3 Å². The van der Waals surface area contributed by atoms with Crippen LogP contribution in [0.1, 0.15) is 51.3 Å². The van der Waals surface area contributed by atoms with Crippen LogP contribution in [0, 0.1) is 17.8 Å². The molecule has 0 amide bonds. The van der Waals surface area contributed by atoms with Crippen molar-refractivity contribution in [2.45, 2.75) is 58.0 Å². The zero-order chi connectivity index (χ0) is 13.4. The zero-order valence-electron chi connectivity index (χ0n) is 12.5. The van der Waals surface area contributed by atoms with E-state index in [2.05, 4.69) is 43.2 Å².